The van der Waals surface area contributed by atoms with Gasteiger partial charge >= 0.3 is 0 Å². The molecule has 0 spiro atoms. The van der Waals surface area contributed by atoms with E-state index in [2.05, 4.69) is 37.0 Å². The zero-order valence-electron chi connectivity index (χ0n) is 15.5. The largest absolute Gasteiger partial charge is 0.383 e. The molecule has 1 aliphatic rings. The van der Waals surface area contributed by atoms with Crippen molar-refractivity contribution < 1.29 is 4.39 Å². The van der Waals surface area contributed by atoms with Gasteiger partial charge in [-0.3, -0.25) is 5.41 Å². The first-order valence-electron chi connectivity index (χ1n) is 9.29. The Balaban J connectivity index is 2.07. The molecule has 4 heteroatoms. The molecule has 0 fully saturated rings. The smallest absolute Gasteiger partial charge is 0.154 e. The van der Waals surface area contributed by atoms with Gasteiger partial charge in [0.05, 0.1) is 0 Å². The minimum absolute atomic E-state index is 0.158. The minimum Gasteiger partial charge on any atom is -0.383 e. The van der Waals surface area contributed by atoms with Crippen LogP contribution in [0.25, 0.3) is 21.9 Å². The topological polar surface area (TPSA) is 62.2 Å². The van der Waals surface area contributed by atoms with E-state index in [9.17, 15) is 4.39 Å². The summed E-state index contributed by atoms with van der Waals surface area (Å²) in [5.74, 6) is 0.628. The fourth-order valence-corrected chi connectivity index (χ4v) is 3.95. The molecule has 0 aliphatic carbocycles. The van der Waals surface area contributed by atoms with Crippen molar-refractivity contribution in [3.63, 3.8) is 0 Å². The summed E-state index contributed by atoms with van der Waals surface area (Å²) in [6, 6.07) is 14.9. The van der Waals surface area contributed by atoms with E-state index in [0.717, 1.165) is 40.3 Å². The van der Waals surface area contributed by atoms with Gasteiger partial charge in [-0.1, -0.05) is 50.6 Å². The van der Waals surface area contributed by atoms with E-state index in [1.54, 1.807) is 6.07 Å². The van der Waals surface area contributed by atoms with E-state index in [1.165, 1.54) is 17.7 Å². The summed E-state index contributed by atoms with van der Waals surface area (Å²) in [6.45, 7) is 4.41. The Morgan fingerprint density at radius 3 is 2.67 bits per heavy atom. The molecule has 3 aromatic carbocycles. The Morgan fingerprint density at radius 2 is 1.93 bits per heavy atom. The Bertz CT molecular complexity index is 1100. The van der Waals surface area contributed by atoms with Gasteiger partial charge in [0.1, 0.15) is 11.7 Å². The maximum absolute atomic E-state index is 14.0. The average Bonchev–Trinajstić information content (AvgIpc) is 2.93. The van der Waals surface area contributed by atoms with Gasteiger partial charge in [0, 0.05) is 16.7 Å². The van der Waals surface area contributed by atoms with Crippen LogP contribution in [0.15, 0.2) is 53.5 Å². The molecule has 1 atom stereocenters. The van der Waals surface area contributed by atoms with Gasteiger partial charge in [-0.2, -0.15) is 0 Å². The second kappa shape index (κ2) is 6.62. The Kier molecular flexibility index (Phi) is 4.27. The summed E-state index contributed by atoms with van der Waals surface area (Å²) in [5.41, 5.74) is 10.5. The molecule has 3 aromatic rings. The van der Waals surface area contributed by atoms with Crippen molar-refractivity contribution in [3.8, 4) is 11.1 Å². The van der Waals surface area contributed by atoms with E-state index in [0.29, 0.717) is 17.3 Å². The molecule has 0 bridgehead atoms. The Labute approximate surface area is 158 Å². The lowest BCUT2D eigenvalue weighted by atomic mass is 9.87. The van der Waals surface area contributed by atoms with Crippen molar-refractivity contribution in [3.05, 3.63) is 71.0 Å². The fourth-order valence-electron chi connectivity index (χ4n) is 3.95. The third-order valence-electron chi connectivity index (χ3n) is 5.31. The molecule has 0 radical (unpaired) electrons. The number of fused-ring (bicyclic) bond motifs is 2. The molecular formula is C23H22FN3. The summed E-state index contributed by atoms with van der Waals surface area (Å²) in [5, 5.41) is 10.2. The SMILES string of the molecule is CCCC(C)c1ccc2cc3c(c(-c4cccc(F)c4)c2c1)C(N)=NC3=N. The molecule has 1 aliphatic heterocycles. The number of hydrogen-bond acceptors (Lipinski definition) is 2. The lowest BCUT2D eigenvalue weighted by Crippen LogP contribution is -2.12. The normalized spacial score (nSPS) is 14.3. The third kappa shape index (κ3) is 2.91. The number of nitrogens with zero attached hydrogens (tertiary/aromatic N) is 1. The van der Waals surface area contributed by atoms with Crippen LogP contribution in [0, 0.1) is 11.2 Å². The summed E-state index contributed by atoms with van der Waals surface area (Å²) < 4.78 is 14.0. The molecule has 4 rings (SSSR count). The van der Waals surface area contributed by atoms with Crippen LogP contribution in [0.4, 0.5) is 4.39 Å². The van der Waals surface area contributed by atoms with Gasteiger partial charge in [-0.05, 0) is 52.4 Å². The molecule has 27 heavy (non-hydrogen) atoms. The fraction of sp³-hybridized carbons (Fsp3) is 0.217. The second-order valence-corrected chi connectivity index (χ2v) is 7.20. The standard InChI is InChI=1S/C23H22FN3/c1-3-5-13(2)14-8-9-15-12-19-21(23(26)27-22(19)25)20(18(15)11-14)16-6-4-7-17(24)10-16/h4,6-13H,3,5H2,1-2H3,(H3,25,26,27). The predicted molar refractivity (Wildman–Crippen MR) is 110 cm³/mol. The number of amidine groups is 2. The second-order valence-electron chi connectivity index (χ2n) is 7.20. The van der Waals surface area contributed by atoms with Crippen LogP contribution >= 0.6 is 0 Å². The molecule has 0 saturated heterocycles. The highest BCUT2D eigenvalue weighted by atomic mass is 19.1. The number of nitrogens with two attached hydrogens (primary N) is 1. The van der Waals surface area contributed by atoms with Gasteiger partial charge in [0.25, 0.3) is 0 Å². The highest BCUT2D eigenvalue weighted by Crippen LogP contribution is 2.38. The predicted octanol–water partition coefficient (Wildman–Crippen LogP) is 5.59. The van der Waals surface area contributed by atoms with Crippen LogP contribution in [0.1, 0.15) is 49.3 Å². The Hall–Kier alpha value is -3.01. The van der Waals surface area contributed by atoms with Crippen LogP contribution in [0.2, 0.25) is 0 Å². The first-order chi connectivity index (χ1) is 13.0. The lowest BCUT2D eigenvalue weighted by molar-refractivity contribution is 0.628. The quantitative estimate of drug-likeness (QED) is 0.626. The van der Waals surface area contributed by atoms with Crippen LogP contribution in [-0.4, -0.2) is 11.7 Å². The maximum Gasteiger partial charge on any atom is 0.154 e. The number of rotatable bonds is 4. The van der Waals surface area contributed by atoms with Crippen molar-refractivity contribution >= 4 is 22.4 Å². The maximum atomic E-state index is 14.0. The van der Waals surface area contributed by atoms with Gasteiger partial charge in [0.15, 0.2) is 5.84 Å². The first-order valence-corrected chi connectivity index (χ1v) is 9.29. The van der Waals surface area contributed by atoms with Gasteiger partial charge in [0.2, 0.25) is 0 Å². The molecular weight excluding hydrogens is 337 g/mol. The summed E-state index contributed by atoms with van der Waals surface area (Å²) >= 11 is 0. The van der Waals surface area contributed by atoms with Gasteiger partial charge in [-0.25, -0.2) is 9.38 Å². The molecule has 1 unspecified atom stereocenters. The molecule has 0 aromatic heterocycles. The van der Waals surface area contributed by atoms with Crippen molar-refractivity contribution in [2.75, 3.05) is 0 Å². The molecule has 0 saturated carbocycles. The zero-order valence-corrected chi connectivity index (χ0v) is 15.5. The van der Waals surface area contributed by atoms with Crippen LogP contribution in [0.3, 0.4) is 0 Å². The number of hydrogen-bond donors (Lipinski definition) is 2. The zero-order chi connectivity index (χ0) is 19.1. The van der Waals surface area contributed by atoms with Crippen molar-refractivity contribution in [1.29, 1.82) is 5.41 Å². The number of nitrogens with one attached hydrogen (secondary N) is 1. The third-order valence-corrected chi connectivity index (χ3v) is 5.31. The van der Waals surface area contributed by atoms with E-state index >= 15 is 0 Å². The van der Waals surface area contributed by atoms with Crippen molar-refractivity contribution in [1.82, 2.24) is 0 Å². The van der Waals surface area contributed by atoms with Crippen molar-refractivity contribution in [2.45, 2.75) is 32.6 Å². The van der Waals surface area contributed by atoms with Crippen molar-refractivity contribution in [2.24, 2.45) is 10.7 Å². The molecule has 3 nitrogen and oxygen atoms in total. The highest BCUT2D eigenvalue weighted by Gasteiger charge is 2.25. The molecule has 1 heterocycles. The Morgan fingerprint density at radius 1 is 1.11 bits per heavy atom. The monoisotopic (exact) mass is 359 g/mol. The first kappa shape index (κ1) is 17.4. The number of halogens is 1. The summed E-state index contributed by atoms with van der Waals surface area (Å²) in [7, 11) is 0. The minimum atomic E-state index is -0.294. The number of benzene rings is 3. The van der Waals surface area contributed by atoms with Crippen LogP contribution < -0.4 is 5.73 Å². The van der Waals surface area contributed by atoms with E-state index < -0.39 is 0 Å². The number of aliphatic imine (C=N–C) groups is 1. The summed E-state index contributed by atoms with van der Waals surface area (Å²) in [6.07, 6.45) is 2.23. The molecule has 3 N–H and O–H groups in total. The van der Waals surface area contributed by atoms with E-state index in [4.69, 9.17) is 11.1 Å². The van der Waals surface area contributed by atoms with E-state index in [1.807, 2.05) is 12.1 Å². The summed E-state index contributed by atoms with van der Waals surface area (Å²) in [4.78, 5) is 4.16. The molecule has 136 valence electrons. The van der Waals surface area contributed by atoms with Gasteiger partial charge < -0.3 is 5.73 Å². The average molecular weight is 359 g/mol. The highest BCUT2D eigenvalue weighted by molar-refractivity contribution is 6.27. The van der Waals surface area contributed by atoms with Crippen LogP contribution in [0.5, 0.6) is 0 Å². The lowest BCUT2D eigenvalue weighted by Gasteiger charge is -2.17. The molecule has 0 amide bonds. The van der Waals surface area contributed by atoms with E-state index in [-0.39, 0.29) is 11.7 Å². The van der Waals surface area contributed by atoms with Crippen LogP contribution in [-0.2, 0) is 0 Å². The van der Waals surface area contributed by atoms with Gasteiger partial charge in [-0.15, -0.1) is 0 Å².